The Morgan fingerprint density at radius 3 is 2.46 bits per heavy atom. The van der Waals surface area contributed by atoms with E-state index in [1.165, 1.54) is 0 Å². The summed E-state index contributed by atoms with van der Waals surface area (Å²) in [4.78, 5) is 11.9. The SMILES string of the molecule is CCOc1cc(C(CC(O)COC(C)(C)C)C(N)=O)ccc1OC. The van der Waals surface area contributed by atoms with Gasteiger partial charge in [-0.3, -0.25) is 4.79 Å². The van der Waals surface area contributed by atoms with E-state index in [-0.39, 0.29) is 18.6 Å². The monoisotopic (exact) mass is 339 g/mol. The summed E-state index contributed by atoms with van der Waals surface area (Å²) in [7, 11) is 1.55. The van der Waals surface area contributed by atoms with Crippen molar-refractivity contribution >= 4 is 5.91 Å². The van der Waals surface area contributed by atoms with Gasteiger partial charge in [0.1, 0.15) is 0 Å². The van der Waals surface area contributed by atoms with Crippen LogP contribution in [-0.4, -0.2) is 43.0 Å². The lowest BCUT2D eigenvalue weighted by Crippen LogP contribution is -2.30. The summed E-state index contributed by atoms with van der Waals surface area (Å²) in [5, 5.41) is 10.2. The van der Waals surface area contributed by atoms with Gasteiger partial charge >= 0.3 is 0 Å². The van der Waals surface area contributed by atoms with Crippen molar-refractivity contribution in [3.05, 3.63) is 23.8 Å². The summed E-state index contributed by atoms with van der Waals surface area (Å²) in [6, 6.07) is 5.22. The van der Waals surface area contributed by atoms with Crippen LogP contribution >= 0.6 is 0 Å². The van der Waals surface area contributed by atoms with E-state index in [0.717, 1.165) is 0 Å². The summed E-state index contributed by atoms with van der Waals surface area (Å²) >= 11 is 0. The molecule has 24 heavy (non-hydrogen) atoms. The number of hydrogen-bond donors (Lipinski definition) is 2. The van der Waals surface area contributed by atoms with E-state index in [1.54, 1.807) is 25.3 Å². The first-order chi connectivity index (χ1) is 11.2. The number of nitrogens with two attached hydrogens (primary N) is 1. The molecule has 0 aliphatic carbocycles. The van der Waals surface area contributed by atoms with Crippen LogP contribution in [0.25, 0.3) is 0 Å². The van der Waals surface area contributed by atoms with Gasteiger partial charge in [0, 0.05) is 0 Å². The molecule has 1 rings (SSSR count). The molecule has 0 spiro atoms. The fraction of sp³-hybridized carbons (Fsp3) is 0.611. The number of carbonyl (C=O) groups excluding carboxylic acids is 1. The van der Waals surface area contributed by atoms with Gasteiger partial charge in [-0.2, -0.15) is 0 Å². The number of ether oxygens (including phenoxy) is 3. The van der Waals surface area contributed by atoms with Crippen molar-refractivity contribution < 1.29 is 24.1 Å². The first kappa shape index (κ1) is 20.3. The van der Waals surface area contributed by atoms with Crippen LogP contribution in [0, 0.1) is 0 Å². The van der Waals surface area contributed by atoms with Crippen molar-refractivity contribution in [3.8, 4) is 11.5 Å². The normalized spacial score (nSPS) is 14.1. The number of hydrogen-bond acceptors (Lipinski definition) is 5. The van der Waals surface area contributed by atoms with E-state index >= 15 is 0 Å². The van der Waals surface area contributed by atoms with Crippen molar-refractivity contribution in [2.24, 2.45) is 5.73 Å². The lowest BCUT2D eigenvalue weighted by atomic mass is 9.92. The van der Waals surface area contributed by atoms with Crippen LogP contribution < -0.4 is 15.2 Å². The second kappa shape index (κ2) is 8.89. The third kappa shape index (κ3) is 6.37. The van der Waals surface area contributed by atoms with E-state index in [9.17, 15) is 9.90 Å². The maximum atomic E-state index is 11.9. The number of rotatable bonds is 9. The van der Waals surface area contributed by atoms with E-state index in [0.29, 0.717) is 23.7 Å². The Balaban J connectivity index is 2.92. The predicted octanol–water partition coefficient (Wildman–Crippen LogP) is 2.23. The van der Waals surface area contributed by atoms with Crippen LogP contribution in [0.3, 0.4) is 0 Å². The van der Waals surface area contributed by atoms with Gasteiger partial charge in [0.25, 0.3) is 0 Å². The fourth-order valence-electron chi connectivity index (χ4n) is 2.28. The molecule has 0 aromatic heterocycles. The van der Waals surface area contributed by atoms with Gasteiger partial charge in [0.15, 0.2) is 11.5 Å². The molecule has 0 radical (unpaired) electrons. The van der Waals surface area contributed by atoms with Crippen LogP contribution in [0.5, 0.6) is 11.5 Å². The van der Waals surface area contributed by atoms with Crippen LogP contribution in [-0.2, 0) is 9.53 Å². The number of methoxy groups -OCH3 is 1. The molecule has 1 aromatic carbocycles. The van der Waals surface area contributed by atoms with E-state index in [4.69, 9.17) is 19.9 Å². The highest BCUT2D eigenvalue weighted by Crippen LogP contribution is 2.32. The molecule has 0 saturated heterocycles. The molecule has 6 heteroatoms. The average Bonchev–Trinajstić information content (AvgIpc) is 2.50. The average molecular weight is 339 g/mol. The highest BCUT2D eigenvalue weighted by atomic mass is 16.5. The van der Waals surface area contributed by atoms with E-state index in [1.807, 2.05) is 27.7 Å². The van der Waals surface area contributed by atoms with Crippen molar-refractivity contribution in [2.75, 3.05) is 20.3 Å². The Morgan fingerprint density at radius 1 is 1.29 bits per heavy atom. The topological polar surface area (TPSA) is 91.0 Å². The van der Waals surface area contributed by atoms with E-state index < -0.39 is 17.9 Å². The van der Waals surface area contributed by atoms with Crippen LogP contribution in [0.2, 0.25) is 0 Å². The Labute approximate surface area is 143 Å². The first-order valence-electron chi connectivity index (χ1n) is 8.10. The second-order valence-corrected chi connectivity index (χ2v) is 6.61. The molecule has 136 valence electrons. The Morgan fingerprint density at radius 2 is 1.96 bits per heavy atom. The molecule has 0 fully saturated rings. The van der Waals surface area contributed by atoms with Crippen LogP contribution in [0.4, 0.5) is 0 Å². The third-order valence-corrected chi connectivity index (χ3v) is 3.45. The summed E-state index contributed by atoms with van der Waals surface area (Å²) in [6.45, 7) is 8.20. The highest BCUT2D eigenvalue weighted by Gasteiger charge is 2.24. The lowest BCUT2D eigenvalue weighted by molar-refractivity contribution is -0.120. The number of aliphatic hydroxyl groups is 1. The molecule has 1 amide bonds. The molecule has 6 nitrogen and oxygen atoms in total. The molecular weight excluding hydrogens is 310 g/mol. The largest absolute Gasteiger partial charge is 0.493 e. The van der Waals surface area contributed by atoms with E-state index in [2.05, 4.69) is 0 Å². The summed E-state index contributed by atoms with van der Waals surface area (Å²) < 4.78 is 16.3. The molecule has 0 bridgehead atoms. The smallest absolute Gasteiger partial charge is 0.225 e. The van der Waals surface area contributed by atoms with Gasteiger partial charge in [0.2, 0.25) is 5.91 Å². The Kier molecular flexibility index (Phi) is 7.51. The maximum Gasteiger partial charge on any atom is 0.225 e. The molecule has 0 heterocycles. The first-order valence-corrected chi connectivity index (χ1v) is 8.10. The maximum absolute atomic E-state index is 11.9. The molecule has 0 saturated carbocycles. The number of amides is 1. The van der Waals surface area contributed by atoms with Crippen molar-refractivity contribution in [3.63, 3.8) is 0 Å². The minimum absolute atomic E-state index is 0.141. The lowest BCUT2D eigenvalue weighted by Gasteiger charge is -2.24. The molecule has 2 atom stereocenters. The molecule has 3 N–H and O–H groups in total. The summed E-state index contributed by atoms with van der Waals surface area (Å²) in [5.74, 6) is -0.00396. The molecule has 0 aliphatic heterocycles. The minimum atomic E-state index is -0.792. The van der Waals surface area contributed by atoms with Crippen molar-refractivity contribution in [2.45, 2.75) is 51.7 Å². The Bertz CT molecular complexity index is 539. The fourth-order valence-corrected chi connectivity index (χ4v) is 2.28. The minimum Gasteiger partial charge on any atom is -0.493 e. The van der Waals surface area contributed by atoms with Gasteiger partial charge in [-0.1, -0.05) is 6.07 Å². The van der Waals surface area contributed by atoms with Gasteiger partial charge in [-0.05, 0) is 51.8 Å². The molecule has 1 aromatic rings. The Hall–Kier alpha value is -1.79. The number of primary amides is 1. The van der Waals surface area contributed by atoms with Crippen molar-refractivity contribution in [1.82, 2.24) is 0 Å². The zero-order valence-electron chi connectivity index (χ0n) is 15.2. The quantitative estimate of drug-likeness (QED) is 0.720. The standard InChI is InChI=1S/C18H29NO5/c1-6-23-16-9-12(7-8-15(16)22-5)14(17(19)21)10-13(20)11-24-18(2,3)4/h7-9,13-14,20H,6,10-11H2,1-5H3,(H2,19,21). The number of carbonyl (C=O) groups is 1. The summed E-state index contributed by atoms with van der Waals surface area (Å²) in [5.41, 5.74) is 5.86. The van der Waals surface area contributed by atoms with Gasteiger partial charge in [-0.15, -0.1) is 0 Å². The molecular formula is C18H29NO5. The second-order valence-electron chi connectivity index (χ2n) is 6.61. The third-order valence-electron chi connectivity index (χ3n) is 3.45. The zero-order chi connectivity index (χ0) is 18.3. The summed E-state index contributed by atoms with van der Waals surface area (Å²) in [6.07, 6.45) is -0.608. The van der Waals surface area contributed by atoms with Crippen molar-refractivity contribution in [1.29, 1.82) is 0 Å². The van der Waals surface area contributed by atoms with Gasteiger partial charge < -0.3 is 25.1 Å². The number of benzene rings is 1. The zero-order valence-corrected chi connectivity index (χ0v) is 15.2. The number of aliphatic hydroxyl groups excluding tert-OH is 1. The van der Waals surface area contributed by atoms with Crippen LogP contribution in [0.1, 0.15) is 45.6 Å². The van der Waals surface area contributed by atoms with Crippen LogP contribution in [0.15, 0.2) is 18.2 Å². The molecule has 2 unspecified atom stereocenters. The highest BCUT2D eigenvalue weighted by molar-refractivity contribution is 5.82. The molecule has 0 aliphatic rings. The van der Waals surface area contributed by atoms with Gasteiger partial charge in [-0.25, -0.2) is 0 Å². The predicted molar refractivity (Wildman–Crippen MR) is 92.4 cm³/mol. The van der Waals surface area contributed by atoms with Gasteiger partial charge in [0.05, 0.1) is 37.9 Å².